The lowest BCUT2D eigenvalue weighted by Gasteiger charge is -2.19. The van der Waals surface area contributed by atoms with Gasteiger partial charge >= 0.3 is 0 Å². The van der Waals surface area contributed by atoms with Crippen LogP contribution in [-0.2, 0) is 14.6 Å². The van der Waals surface area contributed by atoms with Gasteiger partial charge in [-0.2, -0.15) is 0 Å². The molecule has 4 nitrogen and oxygen atoms in total. The second-order valence-corrected chi connectivity index (χ2v) is 7.57. The summed E-state index contributed by atoms with van der Waals surface area (Å²) in [4.78, 5) is 13.9. The first kappa shape index (κ1) is 12.4. The number of carbonyl (C=O) groups is 1. The SMILES string of the molecule is O=C(C1CCS(=O)(=O)C1)N1CCC(CBr)C1. The highest BCUT2D eigenvalue weighted by molar-refractivity contribution is 9.09. The smallest absolute Gasteiger partial charge is 0.226 e. The average Bonchev–Trinajstić information content (AvgIpc) is 2.83. The van der Waals surface area contributed by atoms with Gasteiger partial charge in [-0.1, -0.05) is 15.9 Å². The molecule has 0 bridgehead atoms. The molecule has 0 spiro atoms. The summed E-state index contributed by atoms with van der Waals surface area (Å²) in [5, 5.41) is 0.916. The molecule has 0 aromatic rings. The Morgan fingerprint density at radius 2 is 2.12 bits per heavy atom. The maximum atomic E-state index is 12.0. The predicted molar refractivity (Wildman–Crippen MR) is 65.2 cm³/mol. The third-order valence-corrected chi connectivity index (χ3v) is 6.08. The van der Waals surface area contributed by atoms with Crippen molar-refractivity contribution >= 4 is 31.7 Å². The lowest BCUT2D eigenvalue weighted by molar-refractivity contribution is -0.133. The summed E-state index contributed by atoms with van der Waals surface area (Å²) >= 11 is 3.42. The van der Waals surface area contributed by atoms with Crippen LogP contribution in [0.25, 0.3) is 0 Å². The van der Waals surface area contributed by atoms with Gasteiger partial charge in [0.25, 0.3) is 0 Å². The number of halogens is 1. The molecular weight excluding hydrogens is 294 g/mol. The van der Waals surface area contributed by atoms with Crippen molar-refractivity contribution in [3.05, 3.63) is 0 Å². The van der Waals surface area contributed by atoms with Gasteiger partial charge < -0.3 is 4.90 Å². The van der Waals surface area contributed by atoms with Crippen LogP contribution in [0.2, 0.25) is 0 Å². The van der Waals surface area contributed by atoms with E-state index < -0.39 is 9.84 Å². The Kier molecular flexibility index (Phi) is 3.59. The predicted octanol–water partition coefficient (Wildman–Crippen LogP) is 0.665. The van der Waals surface area contributed by atoms with E-state index in [9.17, 15) is 13.2 Å². The zero-order valence-electron chi connectivity index (χ0n) is 9.06. The van der Waals surface area contributed by atoms with Crippen LogP contribution in [0.1, 0.15) is 12.8 Å². The van der Waals surface area contributed by atoms with Crippen molar-refractivity contribution in [2.24, 2.45) is 11.8 Å². The van der Waals surface area contributed by atoms with Crippen LogP contribution < -0.4 is 0 Å². The maximum absolute atomic E-state index is 12.0. The minimum Gasteiger partial charge on any atom is -0.342 e. The van der Waals surface area contributed by atoms with Crippen molar-refractivity contribution in [3.63, 3.8) is 0 Å². The van der Waals surface area contributed by atoms with E-state index in [0.717, 1.165) is 24.8 Å². The van der Waals surface area contributed by atoms with Crippen molar-refractivity contribution in [1.29, 1.82) is 0 Å². The first-order chi connectivity index (χ1) is 7.52. The largest absolute Gasteiger partial charge is 0.342 e. The van der Waals surface area contributed by atoms with E-state index in [4.69, 9.17) is 0 Å². The van der Waals surface area contributed by atoms with Gasteiger partial charge in [-0.15, -0.1) is 0 Å². The first-order valence-corrected chi connectivity index (χ1v) is 8.51. The van der Waals surface area contributed by atoms with Crippen molar-refractivity contribution in [3.8, 4) is 0 Å². The number of likely N-dealkylation sites (tertiary alicyclic amines) is 1. The summed E-state index contributed by atoms with van der Waals surface area (Å²) < 4.78 is 22.6. The second kappa shape index (κ2) is 4.64. The fourth-order valence-electron chi connectivity index (χ4n) is 2.41. The Balaban J connectivity index is 1.94. The number of carbonyl (C=O) groups excluding carboxylic acids is 1. The van der Waals surface area contributed by atoms with E-state index in [1.165, 1.54) is 0 Å². The molecule has 2 unspecified atom stereocenters. The molecule has 0 aromatic carbocycles. The Bertz CT molecular complexity index is 382. The van der Waals surface area contributed by atoms with Crippen molar-refractivity contribution in [2.75, 3.05) is 29.9 Å². The van der Waals surface area contributed by atoms with Crippen molar-refractivity contribution in [2.45, 2.75) is 12.8 Å². The fraction of sp³-hybridized carbons (Fsp3) is 0.900. The number of rotatable bonds is 2. The molecule has 0 saturated carbocycles. The van der Waals surface area contributed by atoms with Crippen LogP contribution in [0.5, 0.6) is 0 Å². The van der Waals surface area contributed by atoms with Crippen LogP contribution in [0, 0.1) is 11.8 Å². The molecule has 0 aliphatic carbocycles. The van der Waals surface area contributed by atoms with Crippen LogP contribution in [0.3, 0.4) is 0 Å². The molecule has 2 rings (SSSR count). The zero-order chi connectivity index (χ0) is 11.8. The number of amides is 1. The molecule has 2 atom stereocenters. The molecule has 16 heavy (non-hydrogen) atoms. The van der Waals surface area contributed by atoms with E-state index in [1.54, 1.807) is 0 Å². The van der Waals surface area contributed by atoms with Gasteiger partial charge in [-0.3, -0.25) is 4.79 Å². The first-order valence-electron chi connectivity index (χ1n) is 5.57. The van der Waals surface area contributed by atoms with Crippen molar-refractivity contribution < 1.29 is 13.2 Å². The number of alkyl halides is 1. The number of hydrogen-bond acceptors (Lipinski definition) is 3. The second-order valence-electron chi connectivity index (χ2n) is 4.69. The van der Waals surface area contributed by atoms with Gasteiger partial charge in [-0.05, 0) is 18.8 Å². The van der Waals surface area contributed by atoms with Gasteiger partial charge in [0.15, 0.2) is 9.84 Å². The van der Waals surface area contributed by atoms with E-state index in [1.807, 2.05) is 4.90 Å². The highest BCUT2D eigenvalue weighted by Gasteiger charge is 2.37. The molecule has 0 radical (unpaired) electrons. The topological polar surface area (TPSA) is 54.5 Å². The third-order valence-electron chi connectivity index (χ3n) is 3.40. The molecule has 2 fully saturated rings. The summed E-state index contributed by atoms with van der Waals surface area (Å²) in [6.07, 6.45) is 1.53. The Labute approximate surface area is 104 Å². The molecule has 0 aromatic heterocycles. The molecule has 2 saturated heterocycles. The molecule has 1 amide bonds. The van der Waals surface area contributed by atoms with Gasteiger partial charge in [0.1, 0.15) is 0 Å². The molecule has 0 N–H and O–H groups in total. The third kappa shape index (κ3) is 2.59. The molecule has 2 heterocycles. The molecule has 2 aliphatic heterocycles. The van der Waals surface area contributed by atoms with Gasteiger partial charge in [0.2, 0.25) is 5.91 Å². The van der Waals surface area contributed by atoms with Gasteiger partial charge in [-0.25, -0.2) is 8.42 Å². The zero-order valence-corrected chi connectivity index (χ0v) is 11.5. The average molecular weight is 310 g/mol. The molecule has 2 aliphatic rings. The minimum atomic E-state index is -2.95. The molecule has 6 heteroatoms. The Hall–Kier alpha value is -0.100. The van der Waals surface area contributed by atoms with E-state index in [0.29, 0.717) is 12.3 Å². The summed E-state index contributed by atoms with van der Waals surface area (Å²) in [7, 11) is -2.95. The summed E-state index contributed by atoms with van der Waals surface area (Å²) in [6.45, 7) is 1.56. The number of hydrogen-bond donors (Lipinski definition) is 0. The maximum Gasteiger partial charge on any atom is 0.226 e. The van der Waals surface area contributed by atoms with Crippen LogP contribution in [-0.4, -0.2) is 49.2 Å². The lowest BCUT2D eigenvalue weighted by atomic mass is 10.1. The minimum absolute atomic E-state index is 0.0459. The van der Waals surface area contributed by atoms with E-state index >= 15 is 0 Å². The highest BCUT2D eigenvalue weighted by Crippen LogP contribution is 2.25. The summed E-state index contributed by atoms with van der Waals surface area (Å²) in [5.74, 6) is 0.533. The Morgan fingerprint density at radius 1 is 1.38 bits per heavy atom. The van der Waals surface area contributed by atoms with Crippen LogP contribution in [0.4, 0.5) is 0 Å². The number of nitrogens with zero attached hydrogens (tertiary/aromatic N) is 1. The Morgan fingerprint density at radius 3 is 2.62 bits per heavy atom. The van der Waals surface area contributed by atoms with Crippen LogP contribution >= 0.6 is 15.9 Å². The lowest BCUT2D eigenvalue weighted by Crippen LogP contribution is -2.35. The fourth-order valence-corrected chi connectivity index (χ4v) is 4.67. The molecular formula is C10H16BrNO3S. The van der Waals surface area contributed by atoms with E-state index in [-0.39, 0.29) is 23.3 Å². The summed E-state index contributed by atoms with van der Waals surface area (Å²) in [6, 6.07) is 0. The van der Waals surface area contributed by atoms with Gasteiger partial charge in [0, 0.05) is 18.4 Å². The standard InChI is InChI=1S/C10H16BrNO3S/c11-5-8-1-3-12(6-8)10(13)9-2-4-16(14,15)7-9/h8-9H,1-7H2. The van der Waals surface area contributed by atoms with Gasteiger partial charge in [0.05, 0.1) is 17.4 Å². The highest BCUT2D eigenvalue weighted by atomic mass is 79.9. The number of sulfone groups is 1. The van der Waals surface area contributed by atoms with Crippen LogP contribution in [0.15, 0.2) is 0 Å². The molecule has 92 valence electrons. The quantitative estimate of drug-likeness (QED) is 0.704. The normalized spacial score (nSPS) is 33.2. The summed E-state index contributed by atoms with van der Waals surface area (Å²) in [5.41, 5.74) is 0. The monoisotopic (exact) mass is 309 g/mol. The van der Waals surface area contributed by atoms with Crippen molar-refractivity contribution in [1.82, 2.24) is 4.90 Å². The van der Waals surface area contributed by atoms with E-state index in [2.05, 4.69) is 15.9 Å².